The highest BCUT2D eigenvalue weighted by molar-refractivity contribution is 5.61. The SMILES string of the molecule is COc1ccccc1-[n+]1ccc(-c2cc[n+](-c3ccccc3OC(F)(F)F)cc2)cc1. The average Bonchev–Trinajstić information content (AvgIpc) is 2.79. The highest BCUT2D eigenvalue weighted by Crippen LogP contribution is 2.26. The van der Waals surface area contributed by atoms with E-state index in [0.717, 1.165) is 22.6 Å². The summed E-state index contributed by atoms with van der Waals surface area (Å²) in [6.45, 7) is 0. The van der Waals surface area contributed by atoms with Crippen molar-refractivity contribution in [3.8, 4) is 34.0 Å². The van der Waals surface area contributed by atoms with Crippen LogP contribution in [0.3, 0.4) is 0 Å². The number of hydrogen-bond donors (Lipinski definition) is 0. The van der Waals surface area contributed by atoms with Crippen LogP contribution >= 0.6 is 0 Å². The highest BCUT2D eigenvalue weighted by atomic mass is 19.4. The van der Waals surface area contributed by atoms with Crippen LogP contribution in [0.15, 0.2) is 97.6 Å². The number of para-hydroxylation sites is 4. The molecule has 0 atom stereocenters. The van der Waals surface area contributed by atoms with Crippen molar-refractivity contribution >= 4 is 0 Å². The number of halogens is 3. The molecule has 0 amide bonds. The minimum absolute atomic E-state index is 0.259. The Morgan fingerprint density at radius 1 is 0.613 bits per heavy atom. The van der Waals surface area contributed by atoms with Gasteiger partial charge in [-0.05, 0) is 23.3 Å². The van der Waals surface area contributed by atoms with Gasteiger partial charge in [-0.1, -0.05) is 24.3 Å². The van der Waals surface area contributed by atoms with Crippen LogP contribution in [0, 0.1) is 0 Å². The van der Waals surface area contributed by atoms with Crippen LogP contribution in [0.25, 0.3) is 22.5 Å². The Balaban J connectivity index is 1.60. The monoisotopic (exact) mass is 424 g/mol. The Labute approximate surface area is 177 Å². The lowest BCUT2D eigenvalue weighted by Gasteiger charge is -2.09. The van der Waals surface area contributed by atoms with Crippen molar-refractivity contribution in [2.24, 2.45) is 0 Å². The van der Waals surface area contributed by atoms with Gasteiger partial charge in [-0.25, -0.2) is 0 Å². The van der Waals surface area contributed by atoms with Gasteiger partial charge in [0.2, 0.25) is 5.75 Å². The summed E-state index contributed by atoms with van der Waals surface area (Å²) < 4.78 is 51.1. The van der Waals surface area contributed by atoms with E-state index in [1.807, 2.05) is 65.5 Å². The van der Waals surface area contributed by atoms with Gasteiger partial charge in [0.1, 0.15) is 0 Å². The molecule has 0 aliphatic heterocycles. The number of rotatable bonds is 5. The lowest BCUT2D eigenvalue weighted by molar-refractivity contribution is -0.596. The summed E-state index contributed by atoms with van der Waals surface area (Å²) in [6, 6.07) is 21.3. The van der Waals surface area contributed by atoms with Crippen LogP contribution in [-0.2, 0) is 0 Å². The molecule has 0 unspecified atom stereocenters. The minimum Gasteiger partial charge on any atom is -0.490 e. The molecule has 4 aromatic rings. The number of methoxy groups -OCH3 is 1. The third-order valence-corrected chi connectivity index (χ3v) is 4.72. The van der Waals surface area contributed by atoms with Crippen molar-refractivity contribution in [2.45, 2.75) is 6.36 Å². The molecule has 4 rings (SSSR count). The number of alkyl halides is 3. The van der Waals surface area contributed by atoms with Gasteiger partial charge in [0.15, 0.2) is 30.5 Å². The second kappa shape index (κ2) is 8.47. The maximum Gasteiger partial charge on any atom is 0.573 e. The van der Waals surface area contributed by atoms with Crippen LogP contribution in [-0.4, -0.2) is 13.5 Å². The zero-order valence-corrected chi connectivity index (χ0v) is 16.6. The van der Waals surface area contributed by atoms with E-state index in [4.69, 9.17) is 4.74 Å². The fraction of sp³-hybridized carbons (Fsp3) is 0.0833. The van der Waals surface area contributed by atoms with Gasteiger partial charge < -0.3 is 9.47 Å². The van der Waals surface area contributed by atoms with Gasteiger partial charge in [0, 0.05) is 36.4 Å². The van der Waals surface area contributed by atoms with Crippen LogP contribution in [0.2, 0.25) is 0 Å². The fourth-order valence-corrected chi connectivity index (χ4v) is 3.28. The molecule has 2 heterocycles. The Morgan fingerprint density at radius 3 is 1.48 bits per heavy atom. The number of hydrogen-bond acceptors (Lipinski definition) is 2. The number of ether oxygens (including phenoxy) is 2. The first kappa shape index (κ1) is 20.4. The van der Waals surface area contributed by atoms with E-state index in [0.29, 0.717) is 5.69 Å². The molecule has 0 aliphatic rings. The Kier molecular flexibility index (Phi) is 5.58. The Hall–Kier alpha value is -3.87. The molecule has 2 aromatic carbocycles. The summed E-state index contributed by atoms with van der Waals surface area (Å²) in [6.07, 6.45) is 2.52. The molecule has 0 spiro atoms. The number of aromatic nitrogens is 2. The lowest BCUT2D eigenvalue weighted by atomic mass is 10.1. The minimum atomic E-state index is -4.75. The third-order valence-electron chi connectivity index (χ3n) is 4.72. The molecule has 0 N–H and O–H groups in total. The summed E-state index contributed by atoms with van der Waals surface area (Å²) in [5.41, 5.74) is 3.12. The molecule has 0 saturated heterocycles. The van der Waals surface area contributed by atoms with Gasteiger partial charge in [0.25, 0.3) is 11.4 Å². The number of benzene rings is 2. The van der Waals surface area contributed by atoms with E-state index < -0.39 is 6.36 Å². The van der Waals surface area contributed by atoms with E-state index in [9.17, 15) is 13.2 Å². The maximum absolute atomic E-state index is 12.7. The summed E-state index contributed by atoms with van der Waals surface area (Å²) in [5, 5.41) is 0. The topological polar surface area (TPSA) is 26.2 Å². The quantitative estimate of drug-likeness (QED) is 0.430. The van der Waals surface area contributed by atoms with E-state index in [1.165, 1.54) is 12.1 Å². The highest BCUT2D eigenvalue weighted by Gasteiger charge is 2.33. The van der Waals surface area contributed by atoms with Crippen molar-refractivity contribution < 1.29 is 31.8 Å². The molecule has 31 heavy (non-hydrogen) atoms. The molecule has 156 valence electrons. The molecule has 2 aromatic heterocycles. The molecule has 4 nitrogen and oxygen atoms in total. The van der Waals surface area contributed by atoms with Crippen LogP contribution in [0.5, 0.6) is 11.5 Å². The number of nitrogens with zero attached hydrogens (tertiary/aromatic N) is 2. The molecular weight excluding hydrogens is 405 g/mol. The van der Waals surface area contributed by atoms with Crippen molar-refractivity contribution in [1.82, 2.24) is 0 Å². The van der Waals surface area contributed by atoms with Crippen molar-refractivity contribution in [1.29, 1.82) is 0 Å². The summed E-state index contributed by atoms with van der Waals surface area (Å²) in [5.74, 6) is 0.506. The second-order valence-corrected chi connectivity index (χ2v) is 6.68. The van der Waals surface area contributed by atoms with Gasteiger partial charge in [-0.3, -0.25) is 0 Å². The maximum atomic E-state index is 12.7. The average molecular weight is 424 g/mol. The molecular formula is C24H19F3N2O2+2. The molecule has 0 saturated carbocycles. The first-order valence-electron chi connectivity index (χ1n) is 9.46. The van der Waals surface area contributed by atoms with Crippen LogP contribution in [0.4, 0.5) is 13.2 Å². The van der Waals surface area contributed by atoms with Gasteiger partial charge in [0.05, 0.1) is 7.11 Å². The Morgan fingerprint density at radius 2 is 1.03 bits per heavy atom. The molecule has 0 fully saturated rings. The predicted molar refractivity (Wildman–Crippen MR) is 108 cm³/mol. The predicted octanol–water partition coefficient (Wildman–Crippen LogP) is 4.81. The standard InChI is InChI=1S/C24H19F3N2O2/c1-30-22-8-4-2-6-20(22)28-14-10-18(11-15-28)19-12-16-29(17-13-19)21-7-3-5-9-23(21)31-24(25,26)27/h2-17H,1H3/q+2. The van der Waals surface area contributed by atoms with Crippen LogP contribution in [0.1, 0.15) is 0 Å². The van der Waals surface area contributed by atoms with Gasteiger partial charge in [-0.2, -0.15) is 9.13 Å². The second-order valence-electron chi connectivity index (χ2n) is 6.68. The molecule has 0 radical (unpaired) electrons. The van der Waals surface area contributed by atoms with E-state index in [2.05, 4.69) is 4.74 Å². The largest absolute Gasteiger partial charge is 0.573 e. The van der Waals surface area contributed by atoms with Crippen molar-refractivity contribution in [3.05, 3.63) is 97.6 Å². The van der Waals surface area contributed by atoms with E-state index in [1.54, 1.807) is 36.2 Å². The van der Waals surface area contributed by atoms with E-state index in [-0.39, 0.29) is 5.75 Å². The van der Waals surface area contributed by atoms with Gasteiger partial charge >= 0.3 is 6.36 Å². The van der Waals surface area contributed by atoms with Crippen LogP contribution < -0.4 is 18.6 Å². The van der Waals surface area contributed by atoms with Crippen molar-refractivity contribution in [3.63, 3.8) is 0 Å². The van der Waals surface area contributed by atoms with Crippen molar-refractivity contribution in [2.75, 3.05) is 7.11 Å². The Bertz CT molecular complexity index is 1170. The fourth-order valence-electron chi connectivity index (χ4n) is 3.28. The first-order valence-corrected chi connectivity index (χ1v) is 9.46. The zero-order valence-electron chi connectivity index (χ0n) is 16.6. The summed E-state index contributed by atoms with van der Waals surface area (Å²) >= 11 is 0. The first-order chi connectivity index (χ1) is 14.9. The normalized spacial score (nSPS) is 11.2. The van der Waals surface area contributed by atoms with E-state index >= 15 is 0 Å². The number of pyridine rings is 2. The summed E-state index contributed by atoms with van der Waals surface area (Å²) in [4.78, 5) is 0. The lowest BCUT2D eigenvalue weighted by Crippen LogP contribution is -2.31. The van der Waals surface area contributed by atoms with Gasteiger partial charge in [-0.15, -0.1) is 13.2 Å². The molecule has 7 heteroatoms. The zero-order chi connectivity index (χ0) is 21.8. The summed E-state index contributed by atoms with van der Waals surface area (Å²) in [7, 11) is 1.63. The smallest absolute Gasteiger partial charge is 0.490 e. The molecule has 0 aliphatic carbocycles. The molecule has 0 bridgehead atoms. The third kappa shape index (κ3) is 4.66.